The molecule has 0 aliphatic rings. The van der Waals surface area contributed by atoms with Crippen molar-refractivity contribution in [3.8, 4) is 0 Å². The van der Waals surface area contributed by atoms with E-state index in [0.29, 0.717) is 0 Å². The Balaban J connectivity index is 2.72. The molecule has 0 radical (unpaired) electrons. The summed E-state index contributed by atoms with van der Waals surface area (Å²) < 4.78 is 14.1. The Labute approximate surface area is 90.9 Å². The summed E-state index contributed by atoms with van der Waals surface area (Å²) in [7, 11) is 0. The third-order valence-corrected chi connectivity index (χ3v) is 2.95. The van der Waals surface area contributed by atoms with Crippen LogP contribution in [-0.4, -0.2) is 0 Å². The first-order valence-corrected chi connectivity index (χ1v) is 5.30. The third-order valence-electron chi connectivity index (χ3n) is 2.29. The summed E-state index contributed by atoms with van der Waals surface area (Å²) in [4.78, 5) is 0. The number of fused-ring (bicyclic) bond motifs is 1. The molecule has 1 atom stereocenters. The molecule has 0 saturated heterocycles. The van der Waals surface area contributed by atoms with E-state index in [4.69, 9.17) is 0 Å². The summed E-state index contributed by atoms with van der Waals surface area (Å²) >= 11 is 3.45. The average Bonchev–Trinajstić information content (AvgIpc) is 2.17. The lowest BCUT2D eigenvalue weighted by Crippen LogP contribution is -1.86. The summed E-state index contributed by atoms with van der Waals surface area (Å²) in [5.41, 5.74) is 0.718. The predicted molar refractivity (Wildman–Crippen MR) is 61.2 cm³/mol. The Morgan fingerprint density at radius 2 is 1.93 bits per heavy atom. The van der Waals surface area contributed by atoms with Gasteiger partial charge in [0.2, 0.25) is 0 Å². The van der Waals surface area contributed by atoms with Crippen molar-refractivity contribution < 1.29 is 4.39 Å². The maximum absolute atomic E-state index is 13.1. The van der Waals surface area contributed by atoms with Gasteiger partial charge in [0.25, 0.3) is 0 Å². The second-order valence-corrected chi connectivity index (χ2v) is 4.19. The molecule has 0 aromatic heterocycles. The molecular weight excluding hydrogens is 243 g/mol. The number of alkyl halides is 1. The van der Waals surface area contributed by atoms with E-state index >= 15 is 0 Å². The van der Waals surface area contributed by atoms with Crippen LogP contribution in [0.4, 0.5) is 4.39 Å². The van der Waals surface area contributed by atoms with Crippen molar-refractivity contribution in [1.82, 2.24) is 0 Å². The Morgan fingerprint density at radius 3 is 2.64 bits per heavy atom. The largest absolute Gasteiger partial charge is 0.243 e. The normalized spacial score (nSPS) is 13.1. The number of rotatable bonds is 1. The molecule has 0 N–H and O–H groups in total. The van der Waals surface area contributed by atoms with Crippen molar-refractivity contribution in [2.45, 2.75) is 13.1 Å². The molecule has 1 unspecified atom stereocenters. The fourth-order valence-electron chi connectivity index (χ4n) is 1.52. The fraction of sp³-hybridized carbons (Fsp3) is 0.167. The van der Waals surface area contributed by atoms with E-state index < -0.39 is 6.17 Å². The number of hydrogen-bond acceptors (Lipinski definition) is 0. The smallest absolute Gasteiger partial charge is 0.122 e. The van der Waals surface area contributed by atoms with Crippen LogP contribution in [-0.2, 0) is 0 Å². The Morgan fingerprint density at radius 1 is 1.21 bits per heavy atom. The summed E-state index contributed by atoms with van der Waals surface area (Å²) in [5, 5.41) is 2.19. The van der Waals surface area contributed by atoms with Crippen molar-refractivity contribution in [3.05, 3.63) is 46.4 Å². The molecule has 2 aromatic carbocycles. The van der Waals surface area contributed by atoms with Crippen LogP contribution in [0.2, 0.25) is 0 Å². The molecule has 0 saturated carbocycles. The van der Waals surface area contributed by atoms with Crippen molar-refractivity contribution in [2.75, 3.05) is 0 Å². The molecule has 0 bridgehead atoms. The second kappa shape index (κ2) is 3.70. The van der Waals surface area contributed by atoms with Crippen molar-refractivity contribution in [2.24, 2.45) is 0 Å². The zero-order chi connectivity index (χ0) is 10.1. The number of halogens is 2. The topological polar surface area (TPSA) is 0 Å². The van der Waals surface area contributed by atoms with Gasteiger partial charge in [-0.15, -0.1) is 0 Å². The van der Waals surface area contributed by atoms with Gasteiger partial charge in [0, 0.05) is 4.47 Å². The molecule has 72 valence electrons. The molecule has 0 fully saturated rings. The van der Waals surface area contributed by atoms with Gasteiger partial charge in [0.05, 0.1) is 0 Å². The van der Waals surface area contributed by atoms with Crippen LogP contribution in [0.1, 0.15) is 18.7 Å². The van der Waals surface area contributed by atoms with E-state index in [2.05, 4.69) is 15.9 Å². The molecule has 0 aliphatic carbocycles. The van der Waals surface area contributed by atoms with Crippen molar-refractivity contribution >= 4 is 26.7 Å². The van der Waals surface area contributed by atoms with Crippen molar-refractivity contribution in [1.29, 1.82) is 0 Å². The highest BCUT2D eigenvalue weighted by Gasteiger charge is 2.06. The van der Waals surface area contributed by atoms with Crippen LogP contribution in [0, 0.1) is 0 Å². The molecule has 2 heteroatoms. The maximum Gasteiger partial charge on any atom is 0.122 e. The maximum atomic E-state index is 13.1. The molecule has 0 heterocycles. The molecule has 0 nitrogen and oxygen atoms in total. The molecule has 0 spiro atoms. The van der Waals surface area contributed by atoms with Gasteiger partial charge in [-0.3, -0.25) is 0 Å². The Bertz CT molecular complexity index is 463. The SMILES string of the molecule is CC(F)c1cc(Br)c2ccccc2c1. The molecule has 0 aliphatic heterocycles. The van der Waals surface area contributed by atoms with Crippen LogP contribution in [0.3, 0.4) is 0 Å². The van der Waals surface area contributed by atoms with E-state index in [1.54, 1.807) is 6.92 Å². The minimum absolute atomic E-state index is 0.718. The van der Waals surface area contributed by atoms with Crippen LogP contribution >= 0.6 is 15.9 Å². The quantitative estimate of drug-likeness (QED) is 0.694. The Hall–Kier alpha value is -0.890. The van der Waals surface area contributed by atoms with Crippen LogP contribution in [0.5, 0.6) is 0 Å². The molecule has 2 aromatic rings. The molecule has 2 rings (SSSR count). The second-order valence-electron chi connectivity index (χ2n) is 3.34. The predicted octanol–water partition coefficient (Wildman–Crippen LogP) is 4.63. The highest BCUT2D eigenvalue weighted by Crippen LogP contribution is 2.29. The third kappa shape index (κ3) is 1.67. The van der Waals surface area contributed by atoms with Gasteiger partial charge in [0.15, 0.2) is 0 Å². The monoisotopic (exact) mass is 252 g/mol. The van der Waals surface area contributed by atoms with Crippen LogP contribution in [0.25, 0.3) is 10.8 Å². The summed E-state index contributed by atoms with van der Waals surface area (Å²) in [5.74, 6) is 0. The summed E-state index contributed by atoms with van der Waals surface area (Å²) in [6.45, 7) is 1.55. The minimum atomic E-state index is -0.920. The minimum Gasteiger partial charge on any atom is -0.243 e. The van der Waals surface area contributed by atoms with Gasteiger partial charge in [0.1, 0.15) is 6.17 Å². The van der Waals surface area contributed by atoms with Gasteiger partial charge < -0.3 is 0 Å². The van der Waals surface area contributed by atoms with E-state index in [0.717, 1.165) is 20.8 Å². The summed E-state index contributed by atoms with van der Waals surface area (Å²) in [6, 6.07) is 11.7. The standard InChI is InChI=1S/C12H10BrF/c1-8(14)10-6-9-4-2-3-5-11(9)12(13)7-10/h2-8H,1H3. The first-order valence-electron chi connectivity index (χ1n) is 4.51. The zero-order valence-corrected chi connectivity index (χ0v) is 9.38. The van der Waals surface area contributed by atoms with Gasteiger partial charge in [-0.1, -0.05) is 40.2 Å². The molecule has 14 heavy (non-hydrogen) atoms. The first kappa shape index (κ1) is 9.66. The van der Waals surface area contributed by atoms with Crippen LogP contribution < -0.4 is 0 Å². The van der Waals surface area contributed by atoms with E-state index in [1.807, 2.05) is 36.4 Å². The van der Waals surface area contributed by atoms with Gasteiger partial charge in [-0.05, 0) is 35.4 Å². The lowest BCUT2D eigenvalue weighted by molar-refractivity contribution is 0.374. The lowest BCUT2D eigenvalue weighted by Gasteiger charge is -2.06. The van der Waals surface area contributed by atoms with E-state index in [1.165, 1.54) is 0 Å². The molecule has 0 amide bonds. The average molecular weight is 253 g/mol. The van der Waals surface area contributed by atoms with Crippen molar-refractivity contribution in [3.63, 3.8) is 0 Å². The van der Waals surface area contributed by atoms with Gasteiger partial charge in [-0.25, -0.2) is 4.39 Å². The Kier molecular flexibility index (Phi) is 2.55. The first-order chi connectivity index (χ1) is 6.68. The van der Waals surface area contributed by atoms with Gasteiger partial charge >= 0.3 is 0 Å². The highest BCUT2D eigenvalue weighted by molar-refractivity contribution is 9.10. The lowest BCUT2D eigenvalue weighted by atomic mass is 10.1. The van der Waals surface area contributed by atoms with Gasteiger partial charge in [-0.2, -0.15) is 0 Å². The zero-order valence-electron chi connectivity index (χ0n) is 7.80. The molecular formula is C12H10BrF. The fourth-order valence-corrected chi connectivity index (χ4v) is 2.14. The number of hydrogen-bond donors (Lipinski definition) is 0. The van der Waals surface area contributed by atoms with E-state index in [9.17, 15) is 4.39 Å². The van der Waals surface area contributed by atoms with E-state index in [-0.39, 0.29) is 0 Å². The van der Waals surface area contributed by atoms with Crippen LogP contribution in [0.15, 0.2) is 40.9 Å². The number of benzene rings is 2. The summed E-state index contributed by atoms with van der Waals surface area (Å²) in [6.07, 6.45) is -0.920. The highest BCUT2D eigenvalue weighted by atomic mass is 79.9.